The molecule has 16 heavy (non-hydrogen) atoms. The molecule has 0 unspecified atom stereocenters. The first-order valence-corrected chi connectivity index (χ1v) is 6.09. The van der Waals surface area contributed by atoms with Gasteiger partial charge in [0.15, 0.2) is 0 Å². The van der Waals surface area contributed by atoms with E-state index in [1.807, 2.05) is 18.2 Å². The smallest absolute Gasteiger partial charge is 0.0452 e. The lowest BCUT2D eigenvalue weighted by Gasteiger charge is -2.18. The zero-order valence-corrected chi connectivity index (χ0v) is 11.1. The Labute approximate surface area is 103 Å². The lowest BCUT2D eigenvalue weighted by molar-refractivity contribution is 0.303. The molecule has 0 saturated carbocycles. The fraction of sp³-hybridized carbons (Fsp3) is 0.538. The van der Waals surface area contributed by atoms with Crippen LogP contribution in [-0.2, 0) is 6.54 Å². The lowest BCUT2D eigenvalue weighted by atomic mass is 10.1. The van der Waals surface area contributed by atoms with Crippen LogP contribution < -0.4 is 5.73 Å². The first kappa shape index (κ1) is 13.3. The summed E-state index contributed by atoms with van der Waals surface area (Å²) in [5, 5.41) is 0.797. The molecule has 0 heterocycles. The largest absolute Gasteiger partial charge is 0.399 e. The molecule has 0 fully saturated rings. The van der Waals surface area contributed by atoms with Gasteiger partial charge in [0.2, 0.25) is 0 Å². The minimum Gasteiger partial charge on any atom is -0.399 e. The van der Waals surface area contributed by atoms with Crippen molar-refractivity contribution in [1.29, 1.82) is 0 Å². The Kier molecular flexibility index (Phi) is 5.10. The second kappa shape index (κ2) is 6.12. The third-order valence-electron chi connectivity index (χ3n) is 2.60. The van der Waals surface area contributed by atoms with E-state index in [4.69, 9.17) is 17.3 Å². The fourth-order valence-electron chi connectivity index (χ4n) is 1.56. The lowest BCUT2D eigenvalue weighted by Crippen LogP contribution is -2.20. The molecule has 3 heteroatoms. The highest BCUT2D eigenvalue weighted by molar-refractivity contribution is 6.31. The highest BCUT2D eigenvalue weighted by atomic mass is 35.5. The van der Waals surface area contributed by atoms with Crippen LogP contribution in [0.3, 0.4) is 0 Å². The molecule has 0 aliphatic heterocycles. The first-order chi connectivity index (χ1) is 7.49. The molecule has 0 radical (unpaired) electrons. The van der Waals surface area contributed by atoms with Crippen LogP contribution in [-0.4, -0.2) is 18.5 Å². The predicted molar refractivity (Wildman–Crippen MR) is 71.7 cm³/mol. The number of nitrogens with zero attached hydrogens (tertiary/aromatic N) is 1. The zero-order chi connectivity index (χ0) is 12.1. The summed E-state index contributed by atoms with van der Waals surface area (Å²) in [7, 11) is 2.11. The molecule has 0 amide bonds. The van der Waals surface area contributed by atoms with Gasteiger partial charge in [-0.3, -0.25) is 0 Å². The van der Waals surface area contributed by atoms with E-state index in [0.717, 1.165) is 35.3 Å². The molecule has 2 nitrogen and oxygen atoms in total. The summed E-state index contributed by atoms with van der Waals surface area (Å²) in [5.74, 6) is 0.735. The van der Waals surface area contributed by atoms with Crippen LogP contribution in [0.2, 0.25) is 5.02 Å². The molecular formula is C13H21ClN2. The van der Waals surface area contributed by atoms with Crippen molar-refractivity contribution in [3.8, 4) is 0 Å². The second-order valence-corrected chi connectivity index (χ2v) is 5.18. The predicted octanol–water partition coefficient (Wildman–Crippen LogP) is 3.40. The highest BCUT2D eigenvalue weighted by Gasteiger charge is 2.05. The van der Waals surface area contributed by atoms with Gasteiger partial charge in [0.25, 0.3) is 0 Å². The number of rotatable bonds is 5. The fourth-order valence-corrected chi connectivity index (χ4v) is 1.74. The SMILES string of the molecule is CC(C)CCN(C)Cc1cc(N)ccc1Cl. The van der Waals surface area contributed by atoms with E-state index >= 15 is 0 Å². The van der Waals surface area contributed by atoms with Gasteiger partial charge in [0.05, 0.1) is 0 Å². The molecule has 0 atom stereocenters. The van der Waals surface area contributed by atoms with Crippen LogP contribution in [0.5, 0.6) is 0 Å². The number of hydrogen-bond acceptors (Lipinski definition) is 2. The summed E-state index contributed by atoms with van der Waals surface area (Å²) in [6.07, 6.45) is 1.20. The van der Waals surface area contributed by atoms with Gasteiger partial charge in [-0.25, -0.2) is 0 Å². The maximum Gasteiger partial charge on any atom is 0.0452 e. The average molecular weight is 241 g/mol. The highest BCUT2D eigenvalue weighted by Crippen LogP contribution is 2.20. The summed E-state index contributed by atoms with van der Waals surface area (Å²) >= 11 is 6.12. The average Bonchev–Trinajstić information content (AvgIpc) is 2.20. The maximum absolute atomic E-state index is 6.12. The van der Waals surface area contributed by atoms with Gasteiger partial charge >= 0.3 is 0 Å². The standard InChI is InChI=1S/C13H21ClN2/c1-10(2)6-7-16(3)9-11-8-12(15)4-5-13(11)14/h4-5,8,10H,6-7,9,15H2,1-3H3. The van der Waals surface area contributed by atoms with Gasteiger partial charge in [0.1, 0.15) is 0 Å². The van der Waals surface area contributed by atoms with Crippen molar-refractivity contribution in [2.24, 2.45) is 5.92 Å². The summed E-state index contributed by atoms with van der Waals surface area (Å²) in [5.41, 5.74) is 7.63. The molecule has 1 rings (SSSR count). The second-order valence-electron chi connectivity index (χ2n) is 4.77. The Bertz CT molecular complexity index is 337. The van der Waals surface area contributed by atoms with Gasteiger partial charge in [-0.05, 0) is 49.7 Å². The molecule has 0 aliphatic carbocycles. The van der Waals surface area contributed by atoms with E-state index in [0.29, 0.717) is 0 Å². The minimum atomic E-state index is 0.735. The van der Waals surface area contributed by atoms with Crippen molar-refractivity contribution in [3.05, 3.63) is 28.8 Å². The molecule has 1 aromatic rings. The van der Waals surface area contributed by atoms with Gasteiger partial charge in [-0.1, -0.05) is 25.4 Å². The van der Waals surface area contributed by atoms with Crippen LogP contribution in [0.25, 0.3) is 0 Å². The Morgan fingerprint density at radius 2 is 2.06 bits per heavy atom. The Balaban J connectivity index is 2.55. The van der Waals surface area contributed by atoms with E-state index in [2.05, 4.69) is 25.8 Å². The van der Waals surface area contributed by atoms with Gasteiger partial charge < -0.3 is 10.6 Å². The Morgan fingerprint density at radius 3 is 2.69 bits per heavy atom. The Hall–Kier alpha value is -0.730. The molecule has 1 aromatic carbocycles. The number of benzene rings is 1. The molecule has 0 saturated heterocycles. The Morgan fingerprint density at radius 1 is 1.38 bits per heavy atom. The molecule has 0 aromatic heterocycles. The van der Waals surface area contributed by atoms with E-state index in [-0.39, 0.29) is 0 Å². The topological polar surface area (TPSA) is 29.3 Å². The summed E-state index contributed by atoms with van der Waals surface area (Å²) in [4.78, 5) is 2.28. The van der Waals surface area contributed by atoms with Crippen molar-refractivity contribution in [1.82, 2.24) is 4.90 Å². The first-order valence-electron chi connectivity index (χ1n) is 5.71. The van der Waals surface area contributed by atoms with Gasteiger partial charge in [0, 0.05) is 17.3 Å². The van der Waals surface area contributed by atoms with Crippen molar-refractivity contribution < 1.29 is 0 Å². The molecular weight excluding hydrogens is 220 g/mol. The van der Waals surface area contributed by atoms with Crippen molar-refractivity contribution in [3.63, 3.8) is 0 Å². The van der Waals surface area contributed by atoms with E-state index < -0.39 is 0 Å². The summed E-state index contributed by atoms with van der Waals surface area (Å²) in [6.45, 7) is 6.42. The quantitative estimate of drug-likeness (QED) is 0.800. The van der Waals surface area contributed by atoms with Crippen LogP contribution in [0.15, 0.2) is 18.2 Å². The van der Waals surface area contributed by atoms with E-state index in [1.54, 1.807) is 0 Å². The zero-order valence-electron chi connectivity index (χ0n) is 10.3. The monoisotopic (exact) mass is 240 g/mol. The third kappa shape index (κ3) is 4.42. The minimum absolute atomic E-state index is 0.735. The van der Waals surface area contributed by atoms with Crippen LogP contribution in [0, 0.1) is 5.92 Å². The van der Waals surface area contributed by atoms with Crippen LogP contribution in [0.1, 0.15) is 25.8 Å². The summed E-state index contributed by atoms with van der Waals surface area (Å²) in [6, 6.07) is 5.65. The number of hydrogen-bond donors (Lipinski definition) is 1. The number of anilines is 1. The van der Waals surface area contributed by atoms with Gasteiger partial charge in [-0.2, -0.15) is 0 Å². The van der Waals surface area contributed by atoms with Crippen molar-refractivity contribution in [2.45, 2.75) is 26.8 Å². The molecule has 2 N–H and O–H groups in total. The third-order valence-corrected chi connectivity index (χ3v) is 2.97. The molecule has 0 spiro atoms. The van der Waals surface area contributed by atoms with E-state index in [1.165, 1.54) is 6.42 Å². The summed E-state index contributed by atoms with van der Waals surface area (Å²) < 4.78 is 0. The number of nitrogen functional groups attached to an aromatic ring is 1. The molecule has 0 aliphatic rings. The van der Waals surface area contributed by atoms with Crippen molar-refractivity contribution in [2.75, 3.05) is 19.3 Å². The number of nitrogens with two attached hydrogens (primary N) is 1. The molecule has 90 valence electrons. The van der Waals surface area contributed by atoms with Crippen LogP contribution in [0.4, 0.5) is 5.69 Å². The van der Waals surface area contributed by atoms with E-state index in [9.17, 15) is 0 Å². The van der Waals surface area contributed by atoms with Crippen molar-refractivity contribution >= 4 is 17.3 Å². The van der Waals surface area contributed by atoms with Gasteiger partial charge in [-0.15, -0.1) is 0 Å². The number of halogens is 1. The van der Waals surface area contributed by atoms with Crippen LogP contribution >= 0.6 is 11.6 Å². The maximum atomic E-state index is 6.12. The normalized spacial score (nSPS) is 11.4. The molecule has 0 bridgehead atoms.